The average Bonchev–Trinajstić information content (AvgIpc) is 2.42. The Morgan fingerprint density at radius 2 is 1.80 bits per heavy atom. The highest BCUT2D eigenvalue weighted by Crippen LogP contribution is 2.21. The molecule has 106 valence electrons. The van der Waals surface area contributed by atoms with E-state index in [9.17, 15) is 12.8 Å². The number of hydrogen-bond acceptors (Lipinski definition) is 2. The zero-order chi connectivity index (χ0) is 14.8. The SMILES string of the molecule is C[C@H](NS(=O)(=O)c1ccc(F)c(Cl)c1)c1ccccc1. The van der Waals surface area contributed by atoms with Crippen LogP contribution in [0, 0.1) is 5.82 Å². The first-order valence-electron chi connectivity index (χ1n) is 5.92. The molecule has 0 aromatic heterocycles. The molecule has 2 rings (SSSR count). The summed E-state index contributed by atoms with van der Waals surface area (Å²) in [5, 5.41) is -0.222. The van der Waals surface area contributed by atoms with E-state index in [1.165, 1.54) is 6.07 Å². The molecule has 0 radical (unpaired) electrons. The summed E-state index contributed by atoms with van der Waals surface area (Å²) in [5.74, 6) is -0.651. The number of nitrogens with one attached hydrogen (secondary N) is 1. The van der Waals surface area contributed by atoms with Crippen molar-refractivity contribution in [2.24, 2.45) is 0 Å². The summed E-state index contributed by atoms with van der Waals surface area (Å²) in [4.78, 5) is -0.0633. The molecule has 1 atom stereocenters. The second-order valence-electron chi connectivity index (χ2n) is 4.33. The first-order valence-corrected chi connectivity index (χ1v) is 7.78. The minimum absolute atomic E-state index is 0.0633. The van der Waals surface area contributed by atoms with Crippen molar-refractivity contribution in [3.8, 4) is 0 Å². The van der Waals surface area contributed by atoms with Crippen LogP contribution in [-0.4, -0.2) is 8.42 Å². The van der Waals surface area contributed by atoms with Gasteiger partial charge in [-0.2, -0.15) is 0 Å². The van der Waals surface area contributed by atoms with Crippen LogP contribution in [0.4, 0.5) is 4.39 Å². The summed E-state index contributed by atoms with van der Waals surface area (Å²) in [6.45, 7) is 1.73. The predicted octanol–water partition coefficient (Wildman–Crippen LogP) is 3.52. The van der Waals surface area contributed by atoms with E-state index in [0.29, 0.717) is 0 Å². The molecule has 0 saturated carbocycles. The predicted molar refractivity (Wildman–Crippen MR) is 76.6 cm³/mol. The molecule has 0 bridgehead atoms. The van der Waals surface area contributed by atoms with Crippen LogP contribution in [0.5, 0.6) is 0 Å². The van der Waals surface area contributed by atoms with E-state index in [4.69, 9.17) is 11.6 Å². The third kappa shape index (κ3) is 3.36. The minimum Gasteiger partial charge on any atom is -0.207 e. The highest BCUT2D eigenvalue weighted by Gasteiger charge is 2.19. The van der Waals surface area contributed by atoms with Gasteiger partial charge in [0.05, 0.1) is 9.92 Å². The maximum atomic E-state index is 13.1. The number of halogens is 2. The van der Waals surface area contributed by atoms with Crippen LogP contribution in [-0.2, 0) is 10.0 Å². The Morgan fingerprint density at radius 1 is 1.15 bits per heavy atom. The van der Waals surface area contributed by atoms with Gasteiger partial charge in [-0.25, -0.2) is 17.5 Å². The van der Waals surface area contributed by atoms with E-state index in [2.05, 4.69) is 4.72 Å². The second kappa shape index (κ2) is 5.91. The van der Waals surface area contributed by atoms with Gasteiger partial charge in [0.15, 0.2) is 0 Å². The van der Waals surface area contributed by atoms with E-state index in [0.717, 1.165) is 17.7 Å². The molecule has 0 aliphatic carbocycles. The van der Waals surface area contributed by atoms with Gasteiger partial charge in [-0.05, 0) is 30.7 Å². The van der Waals surface area contributed by atoms with E-state index in [-0.39, 0.29) is 9.92 Å². The lowest BCUT2D eigenvalue weighted by atomic mass is 10.1. The molecule has 6 heteroatoms. The van der Waals surface area contributed by atoms with Crippen molar-refractivity contribution in [2.45, 2.75) is 17.9 Å². The van der Waals surface area contributed by atoms with Crippen molar-refractivity contribution in [1.82, 2.24) is 4.72 Å². The summed E-state index contributed by atoms with van der Waals surface area (Å²) < 4.78 is 40.0. The zero-order valence-corrected chi connectivity index (χ0v) is 12.2. The molecule has 0 unspecified atom stereocenters. The largest absolute Gasteiger partial charge is 0.241 e. The molecule has 0 spiro atoms. The van der Waals surface area contributed by atoms with Crippen molar-refractivity contribution >= 4 is 21.6 Å². The van der Waals surface area contributed by atoms with Gasteiger partial charge in [-0.1, -0.05) is 41.9 Å². The van der Waals surface area contributed by atoms with Crippen LogP contribution < -0.4 is 4.72 Å². The zero-order valence-electron chi connectivity index (χ0n) is 10.7. The van der Waals surface area contributed by atoms with Gasteiger partial charge < -0.3 is 0 Å². The summed E-state index contributed by atoms with van der Waals surface area (Å²) >= 11 is 5.61. The molecular weight excluding hydrogens is 301 g/mol. The fourth-order valence-corrected chi connectivity index (χ4v) is 3.26. The van der Waals surface area contributed by atoms with Crippen molar-refractivity contribution in [3.63, 3.8) is 0 Å². The topological polar surface area (TPSA) is 46.2 Å². The van der Waals surface area contributed by atoms with Gasteiger partial charge in [-0.3, -0.25) is 0 Å². The lowest BCUT2D eigenvalue weighted by molar-refractivity contribution is 0.566. The number of benzene rings is 2. The van der Waals surface area contributed by atoms with Crippen molar-refractivity contribution < 1.29 is 12.8 Å². The highest BCUT2D eigenvalue weighted by molar-refractivity contribution is 7.89. The van der Waals surface area contributed by atoms with Crippen LogP contribution >= 0.6 is 11.6 Å². The van der Waals surface area contributed by atoms with Crippen LogP contribution in [0.1, 0.15) is 18.5 Å². The Morgan fingerprint density at radius 3 is 2.40 bits per heavy atom. The molecule has 0 fully saturated rings. The van der Waals surface area contributed by atoms with Gasteiger partial charge in [0.25, 0.3) is 0 Å². The fourth-order valence-electron chi connectivity index (χ4n) is 1.75. The smallest absolute Gasteiger partial charge is 0.207 e. The number of rotatable bonds is 4. The fraction of sp³-hybridized carbons (Fsp3) is 0.143. The van der Waals surface area contributed by atoms with Gasteiger partial charge >= 0.3 is 0 Å². The molecule has 2 aromatic carbocycles. The Kier molecular flexibility index (Phi) is 4.42. The Bertz CT molecular complexity index is 704. The van der Waals surface area contributed by atoms with E-state index >= 15 is 0 Å². The number of hydrogen-bond donors (Lipinski definition) is 1. The quantitative estimate of drug-likeness (QED) is 0.938. The first kappa shape index (κ1) is 15.0. The molecule has 2 aromatic rings. The molecule has 0 aliphatic rings. The second-order valence-corrected chi connectivity index (χ2v) is 6.45. The monoisotopic (exact) mass is 313 g/mol. The standard InChI is InChI=1S/C14H13ClFNO2S/c1-10(11-5-3-2-4-6-11)17-20(18,19)12-7-8-14(16)13(15)9-12/h2-10,17H,1H3/t10-/m0/s1. The maximum absolute atomic E-state index is 13.1. The summed E-state index contributed by atoms with van der Waals surface area (Å²) in [5.41, 5.74) is 0.837. The molecule has 3 nitrogen and oxygen atoms in total. The van der Waals surface area contributed by atoms with Crippen molar-refractivity contribution in [1.29, 1.82) is 0 Å². The molecule has 0 saturated heterocycles. The van der Waals surface area contributed by atoms with Crippen LogP contribution in [0.3, 0.4) is 0 Å². The normalized spacial score (nSPS) is 13.2. The van der Waals surface area contributed by atoms with E-state index in [1.54, 1.807) is 6.92 Å². The molecular formula is C14H13ClFNO2S. The summed E-state index contributed by atoms with van der Waals surface area (Å²) in [7, 11) is -3.75. The summed E-state index contributed by atoms with van der Waals surface area (Å²) in [6.07, 6.45) is 0. The Balaban J connectivity index is 2.25. The molecule has 0 aliphatic heterocycles. The van der Waals surface area contributed by atoms with Crippen LogP contribution in [0.15, 0.2) is 53.4 Å². The highest BCUT2D eigenvalue weighted by atomic mass is 35.5. The van der Waals surface area contributed by atoms with Gasteiger partial charge in [0.1, 0.15) is 5.82 Å². The van der Waals surface area contributed by atoms with Crippen molar-refractivity contribution in [3.05, 3.63) is 64.9 Å². The molecule has 1 N–H and O–H groups in total. The first-order chi connectivity index (χ1) is 9.40. The summed E-state index contributed by atoms with van der Waals surface area (Å²) in [6, 6.07) is 12.1. The van der Waals surface area contributed by atoms with Crippen LogP contribution in [0.2, 0.25) is 5.02 Å². The molecule has 0 amide bonds. The Labute approximate surface area is 122 Å². The third-order valence-electron chi connectivity index (χ3n) is 2.83. The van der Waals surface area contributed by atoms with Crippen LogP contribution in [0.25, 0.3) is 0 Å². The molecule has 0 heterocycles. The average molecular weight is 314 g/mol. The van der Waals surface area contributed by atoms with Gasteiger partial charge in [0, 0.05) is 6.04 Å². The van der Waals surface area contributed by atoms with Crippen molar-refractivity contribution in [2.75, 3.05) is 0 Å². The van der Waals surface area contributed by atoms with E-state index in [1.807, 2.05) is 30.3 Å². The van der Waals surface area contributed by atoms with E-state index < -0.39 is 21.9 Å². The lowest BCUT2D eigenvalue weighted by Gasteiger charge is -2.14. The molecule has 20 heavy (non-hydrogen) atoms. The van der Waals surface area contributed by atoms with Gasteiger partial charge in [-0.15, -0.1) is 0 Å². The van der Waals surface area contributed by atoms with Gasteiger partial charge in [0.2, 0.25) is 10.0 Å². The third-order valence-corrected chi connectivity index (χ3v) is 4.66. The maximum Gasteiger partial charge on any atom is 0.241 e. The lowest BCUT2D eigenvalue weighted by Crippen LogP contribution is -2.26. The minimum atomic E-state index is -3.75. The Hall–Kier alpha value is -1.43. The number of sulfonamides is 1.